The van der Waals surface area contributed by atoms with E-state index in [0.29, 0.717) is 49.8 Å². The van der Waals surface area contributed by atoms with Gasteiger partial charge in [0.05, 0.1) is 41.0 Å². The van der Waals surface area contributed by atoms with Crippen LogP contribution in [0.2, 0.25) is 5.02 Å². The SMILES string of the molecule is COc1cc2ncnc(Nc3ccc(OCc4cccc(F)c4)c(Cl)c3)c2cc1-c1csc(C(C)OCCS(=O)(=O)C(C)C)n1. The molecular weight excluding hydrogens is 639 g/mol. The molecule has 5 aromatic rings. The molecule has 1 N–H and O–H groups in total. The van der Waals surface area contributed by atoms with Crippen LogP contribution in [0.25, 0.3) is 22.2 Å². The van der Waals surface area contributed by atoms with Crippen LogP contribution in [0.5, 0.6) is 11.5 Å². The monoisotopic (exact) mass is 670 g/mol. The molecule has 1 unspecified atom stereocenters. The van der Waals surface area contributed by atoms with E-state index in [-0.39, 0.29) is 30.9 Å². The van der Waals surface area contributed by atoms with Crippen LogP contribution in [0.15, 0.2) is 66.3 Å². The normalized spacial score (nSPS) is 12.4. The summed E-state index contributed by atoms with van der Waals surface area (Å²) in [6.45, 7) is 5.43. The average molecular weight is 671 g/mol. The van der Waals surface area contributed by atoms with Crippen molar-refractivity contribution in [2.75, 3.05) is 24.8 Å². The lowest BCUT2D eigenvalue weighted by Crippen LogP contribution is -2.21. The fourth-order valence-corrected chi connectivity index (χ4v) is 6.28. The number of benzene rings is 3. The number of nitrogens with one attached hydrogen (secondary N) is 1. The van der Waals surface area contributed by atoms with Gasteiger partial charge in [0, 0.05) is 28.1 Å². The fraction of sp³-hybridized carbons (Fsp3) is 0.281. The van der Waals surface area contributed by atoms with Crippen LogP contribution in [0.4, 0.5) is 15.9 Å². The molecule has 0 fully saturated rings. The van der Waals surface area contributed by atoms with Crippen LogP contribution in [0, 0.1) is 5.82 Å². The molecule has 5 rings (SSSR count). The molecule has 0 radical (unpaired) electrons. The van der Waals surface area contributed by atoms with Crippen molar-refractivity contribution < 1.29 is 27.0 Å². The number of methoxy groups -OCH3 is 1. The van der Waals surface area contributed by atoms with E-state index >= 15 is 0 Å². The van der Waals surface area contributed by atoms with Crippen LogP contribution in [-0.2, 0) is 21.2 Å². The number of sulfone groups is 1. The van der Waals surface area contributed by atoms with E-state index in [1.54, 1.807) is 45.2 Å². The third-order valence-corrected chi connectivity index (χ3v) is 10.5. The van der Waals surface area contributed by atoms with Gasteiger partial charge in [-0.25, -0.2) is 27.8 Å². The van der Waals surface area contributed by atoms with Crippen molar-refractivity contribution in [3.63, 3.8) is 0 Å². The van der Waals surface area contributed by atoms with Crippen molar-refractivity contribution in [1.82, 2.24) is 15.0 Å². The van der Waals surface area contributed by atoms with E-state index < -0.39 is 15.1 Å². The second-order valence-electron chi connectivity index (χ2n) is 10.5. The predicted octanol–water partition coefficient (Wildman–Crippen LogP) is 7.78. The molecule has 0 amide bonds. The Bertz CT molecular complexity index is 1920. The number of hydrogen-bond donors (Lipinski definition) is 1. The van der Waals surface area contributed by atoms with Crippen LogP contribution < -0.4 is 14.8 Å². The van der Waals surface area contributed by atoms with Gasteiger partial charge in [-0.1, -0.05) is 23.7 Å². The standard InChI is InChI=1S/C32H32ClFN4O5S2/c1-19(2)45(39,40)11-10-42-20(3)32-38-28(17-44-32)24-14-25-27(15-30(24)41-4)35-18-36-31(25)37-23-8-9-29(26(33)13-23)43-16-21-6-5-7-22(34)12-21/h5-9,12-15,17-20H,10-11,16H2,1-4H3,(H,35,36,37). The third kappa shape index (κ3) is 7.88. The molecule has 236 valence electrons. The molecule has 0 saturated heterocycles. The predicted molar refractivity (Wildman–Crippen MR) is 176 cm³/mol. The Morgan fingerprint density at radius 1 is 1.04 bits per heavy atom. The summed E-state index contributed by atoms with van der Waals surface area (Å²) >= 11 is 7.94. The smallest absolute Gasteiger partial charge is 0.154 e. The summed E-state index contributed by atoms with van der Waals surface area (Å²) in [6, 6.07) is 15.2. The number of nitrogens with zero attached hydrogens (tertiary/aromatic N) is 3. The number of fused-ring (bicyclic) bond motifs is 1. The highest BCUT2D eigenvalue weighted by Crippen LogP contribution is 2.38. The number of thiazole rings is 1. The lowest BCUT2D eigenvalue weighted by Gasteiger charge is -2.14. The molecule has 0 spiro atoms. The number of rotatable bonds is 13. The van der Waals surface area contributed by atoms with Gasteiger partial charge in [0.25, 0.3) is 0 Å². The molecule has 2 aromatic heterocycles. The third-order valence-electron chi connectivity index (χ3n) is 7.03. The van der Waals surface area contributed by atoms with Crippen molar-refractivity contribution >= 4 is 55.2 Å². The van der Waals surface area contributed by atoms with Gasteiger partial charge in [-0.3, -0.25) is 0 Å². The van der Waals surface area contributed by atoms with E-state index in [1.165, 1.54) is 29.8 Å². The minimum absolute atomic E-state index is 0.0443. The topological polar surface area (TPSA) is 113 Å². The van der Waals surface area contributed by atoms with E-state index in [0.717, 1.165) is 10.9 Å². The summed E-state index contributed by atoms with van der Waals surface area (Å²) in [7, 11) is -1.61. The molecule has 0 aliphatic rings. The lowest BCUT2D eigenvalue weighted by atomic mass is 10.1. The van der Waals surface area contributed by atoms with Gasteiger partial charge >= 0.3 is 0 Å². The summed E-state index contributed by atoms with van der Waals surface area (Å²) in [5.74, 6) is 1.23. The quantitative estimate of drug-likeness (QED) is 0.134. The Morgan fingerprint density at radius 2 is 1.87 bits per heavy atom. The van der Waals surface area contributed by atoms with Gasteiger partial charge in [-0.05, 0) is 62.7 Å². The molecule has 13 heteroatoms. The Labute approximate surface area is 270 Å². The molecule has 2 heterocycles. The highest BCUT2D eigenvalue weighted by atomic mass is 35.5. The molecule has 45 heavy (non-hydrogen) atoms. The Morgan fingerprint density at radius 3 is 2.60 bits per heavy atom. The Kier molecular flexibility index (Phi) is 10.2. The van der Waals surface area contributed by atoms with Gasteiger partial charge in [0.2, 0.25) is 0 Å². The molecule has 9 nitrogen and oxygen atoms in total. The zero-order valence-electron chi connectivity index (χ0n) is 25.1. The van der Waals surface area contributed by atoms with Gasteiger partial charge in [-0.2, -0.15) is 0 Å². The first-order chi connectivity index (χ1) is 21.5. The number of halogens is 2. The second kappa shape index (κ2) is 14.1. The van der Waals surface area contributed by atoms with Crippen molar-refractivity contribution in [3.05, 3.63) is 87.7 Å². The molecule has 0 saturated carbocycles. The largest absolute Gasteiger partial charge is 0.496 e. The second-order valence-corrected chi connectivity index (χ2v) is 14.5. The summed E-state index contributed by atoms with van der Waals surface area (Å²) in [6.07, 6.45) is 1.07. The lowest BCUT2D eigenvalue weighted by molar-refractivity contribution is 0.0775. The van der Waals surface area contributed by atoms with Gasteiger partial charge in [-0.15, -0.1) is 11.3 Å². The minimum atomic E-state index is -3.19. The van der Waals surface area contributed by atoms with E-state index in [9.17, 15) is 12.8 Å². The molecule has 0 aliphatic carbocycles. The molecule has 0 aliphatic heterocycles. The molecular formula is C32H32ClFN4O5S2. The summed E-state index contributed by atoms with van der Waals surface area (Å²) in [5.41, 5.74) is 3.44. The van der Waals surface area contributed by atoms with Crippen molar-refractivity contribution in [1.29, 1.82) is 0 Å². The first-order valence-corrected chi connectivity index (χ1v) is 17.1. The van der Waals surface area contributed by atoms with Crippen LogP contribution >= 0.6 is 22.9 Å². The molecule has 1 atom stereocenters. The summed E-state index contributed by atoms with van der Waals surface area (Å²) < 4.78 is 55.1. The molecule has 0 bridgehead atoms. The number of anilines is 2. The summed E-state index contributed by atoms with van der Waals surface area (Å²) in [5, 5.41) is 6.59. The van der Waals surface area contributed by atoms with Gasteiger partial charge in [0.1, 0.15) is 47.2 Å². The Balaban J connectivity index is 1.35. The zero-order valence-corrected chi connectivity index (χ0v) is 27.5. The first-order valence-electron chi connectivity index (χ1n) is 14.1. The first kappa shape index (κ1) is 32.6. The average Bonchev–Trinajstić information content (AvgIpc) is 3.50. The highest BCUT2D eigenvalue weighted by molar-refractivity contribution is 7.92. The van der Waals surface area contributed by atoms with E-state index in [2.05, 4.69) is 15.3 Å². The maximum atomic E-state index is 13.5. The molecule has 3 aromatic carbocycles. The van der Waals surface area contributed by atoms with Gasteiger partial charge in [0.15, 0.2) is 9.84 Å². The Hall–Kier alpha value is -3.84. The van der Waals surface area contributed by atoms with E-state index in [1.807, 2.05) is 30.5 Å². The fourth-order valence-electron chi connectivity index (χ4n) is 4.42. The highest BCUT2D eigenvalue weighted by Gasteiger charge is 2.20. The van der Waals surface area contributed by atoms with Crippen LogP contribution in [-0.4, -0.2) is 48.1 Å². The number of hydrogen-bond acceptors (Lipinski definition) is 10. The zero-order chi connectivity index (χ0) is 32.1. The van der Waals surface area contributed by atoms with Crippen LogP contribution in [0.1, 0.15) is 37.4 Å². The van der Waals surface area contributed by atoms with Crippen molar-refractivity contribution in [2.24, 2.45) is 0 Å². The number of ether oxygens (including phenoxy) is 3. The maximum absolute atomic E-state index is 13.5. The van der Waals surface area contributed by atoms with Gasteiger partial charge < -0.3 is 19.5 Å². The summed E-state index contributed by atoms with van der Waals surface area (Å²) in [4.78, 5) is 13.7. The number of aromatic nitrogens is 3. The van der Waals surface area contributed by atoms with E-state index in [4.69, 9.17) is 30.8 Å². The van der Waals surface area contributed by atoms with Crippen LogP contribution in [0.3, 0.4) is 0 Å². The van der Waals surface area contributed by atoms with Crippen molar-refractivity contribution in [2.45, 2.75) is 38.7 Å². The minimum Gasteiger partial charge on any atom is -0.496 e. The van der Waals surface area contributed by atoms with Crippen molar-refractivity contribution in [3.8, 4) is 22.8 Å². The maximum Gasteiger partial charge on any atom is 0.154 e.